The average Bonchev–Trinajstić information content (AvgIpc) is 1.80. The number of carboxylic acid groups (broad SMARTS) is 1. The highest BCUT2D eigenvalue weighted by atomic mass is 16.4. The fourth-order valence-electron chi connectivity index (χ4n) is 2.38. The van der Waals surface area contributed by atoms with Crippen LogP contribution in [0, 0.1) is 5.41 Å². The Hall–Kier alpha value is -0.570. The van der Waals surface area contributed by atoms with Crippen LogP contribution < -0.4 is 5.73 Å². The van der Waals surface area contributed by atoms with Crippen LogP contribution in [-0.2, 0) is 4.79 Å². The summed E-state index contributed by atoms with van der Waals surface area (Å²) in [5.74, 6) is -0.802. The maximum atomic E-state index is 10.8. The normalized spacial score (nSPS) is 39.4. The Bertz CT molecular complexity index is 205. The first-order chi connectivity index (χ1) is 5.11. The van der Waals surface area contributed by atoms with Gasteiger partial charge in [0.15, 0.2) is 0 Å². The fourth-order valence-corrected chi connectivity index (χ4v) is 2.38. The van der Waals surface area contributed by atoms with E-state index in [0.29, 0.717) is 6.42 Å². The Kier molecular flexibility index (Phi) is 1.15. The Morgan fingerprint density at radius 1 is 1.27 bits per heavy atom. The molecule has 0 aromatic rings. The van der Waals surface area contributed by atoms with Crippen molar-refractivity contribution in [2.75, 3.05) is 0 Å². The molecule has 0 amide bonds. The van der Waals surface area contributed by atoms with Gasteiger partial charge in [0.05, 0.1) is 0 Å². The molecule has 2 fully saturated rings. The van der Waals surface area contributed by atoms with Gasteiger partial charge in [0.1, 0.15) is 5.54 Å². The third-order valence-corrected chi connectivity index (χ3v) is 3.64. The van der Waals surface area contributed by atoms with Gasteiger partial charge in [-0.05, 0) is 31.1 Å². The summed E-state index contributed by atoms with van der Waals surface area (Å²) in [6, 6.07) is 0. The summed E-state index contributed by atoms with van der Waals surface area (Å²) >= 11 is 0. The number of carbonyl (C=O) groups is 1. The van der Waals surface area contributed by atoms with Gasteiger partial charge < -0.3 is 10.8 Å². The Labute approximate surface area is 65.6 Å². The highest BCUT2D eigenvalue weighted by Crippen LogP contribution is 2.60. The lowest BCUT2D eigenvalue weighted by molar-refractivity contribution is -0.167. The fraction of sp³-hybridized carbons (Fsp3) is 0.875. The van der Waals surface area contributed by atoms with Crippen LogP contribution in [0.2, 0.25) is 0 Å². The second kappa shape index (κ2) is 1.78. The summed E-state index contributed by atoms with van der Waals surface area (Å²) < 4.78 is 0. The third kappa shape index (κ3) is 0.601. The Morgan fingerprint density at radius 3 is 2.00 bits per heavy atom. The molecule has 3 heteroatoms. The summed E-state index contributed by atoms with van der Waals surface area (Å²) in [5.41, 5.74) is 4.92. The smallest absolute Gasteiger partial charge is 0.324 e. The van der Waals surface area contributed by atoms with Crippen molar-refractivity contribution in [2.45, 2.75) is 37.6 Å². The van der Waals surface area contributed by atoms with Crippen LogP contribution in [0.4, 0.5) is 0 Å². The minimum atomic E-state index is -0.870. The van der Waals surface area contributed by atoms with E-state index in [1.165, 1.54) is 0 Å². The van der Waals surface area contributed by atoms with Crippen LogP contribution in [0.25, 0.3) is 0 Å². The number of aliphatic carboxylic acids is 1. The van der Waals surface area contributed by atoms with Crippen molar-refractivity contribution >= 4 is 5.97 Å². The zero-order valence-corrected chi connectivity index (χ0v) is 6.47. The van der Waals surface area contributed by atoms with E-state index in [4.69, 9.17) is 10.8 Å². The molecular weight excluding hydrogens is 142 g/mol. The van der Waals surface area contributed by atoms with Gasteiger partial charge in [0, 0.05) is 0 Å². The minimum Gasteiger partial charge on any atom is -0.480 e. The molecule has 62 valence electrons. The maximum absolute atomic E-state index is 10.8. The molecule has 0 heterocycles. The number of rotatable bonds is 1. The van der Waals surface area contributed by atoms with E-state index in [1.54, 1.807) is 0 Å². The van der Waals surface area contributed by atoms with Crippen molar-refractivity contribution in [1.29, 1.82) is 0 Å². The lowest BCUT2D eigenvalue weighted by Crippen LogP contribution is -2.70. The van der Waals surface area contributed by atoms with Crippen LogP contribution in [0.1, 0.15) is 32.1 Å². The van der Waals surface area contributed by atoms with E-state index in [0.717, 1.165) is 25.7 Å². The van der Waals surface area contributed by atoms with Crippen LogP contribution in [0.15, 0.2) is 0 Å². The predicted molar refractivity (Wildman–Crippen MR) is 40.1 cm³/mol. The molecule has 11 heavy (non-hydrogen) atoms. The molecule has 0 aromatic carbocycles. The van der Waals surface area contributed by atoms with E-state index in [9.17, 15) is 4.79 Å². The molecule has 2 aliphatic rings. The number of nitrogens with two attached hydrogens (primary N) is 1. The van der Waals surface area contributed by atoms with Gasteiger partial charge in [0.2, 0.25) is 0 Å². The van der Waals surface area contributed by atoms with Gasteiger partial charge in [-0.1, -0.05) is 6.42 Å². The van der Waals surface area contributed by atoms with Crippen molar-refractivity contribution in [3.63, 3.8) is 0 Å². The molecule has 0 saturated heterocycles. The van der Waals surface area contributed by atoms with Crippen LogP contribution in [0.5, 0.6) is 0 Å². The highest BCUT2D eigenvalue weighted by molar-refractivity contribution is 5.81. The Balaban J connectivity index is 2.21. The quantitative estimate of drug-likeness (QED) is 0.586. The van der Waals surface area contributed by atoms with Crippen LogP contribution >= 0.6 is 0 Å². The molecule has 0 aliphatic heterocycles. The molecule has 2 saturated carbocycles. The predicted octanol–water partition coefficient (Wildman–Crippen LogP) is 0.733. The van der Waals surface area contributed by atoms with Gasteiger partial charge in [-0.3, -0.25) is 4.79 Å². The molecule has 0 radical (unpaired) electrons. The summed E-state index contributed by atoms with van der Waals surface area (Å²) in [6.07, 6.45) is 4.90. The minimum absolute atomic E-state index is 0.00116. The van der Waals surface area contributed by atoms with Crippen molar-refractivity contribution in [2.24, 2.45) is 11.1 Å². The van der Waals surface area contributed by atoms with Gasteiger partial charge in [-0.15, -0.1) is 0 Å². The molecule has 2 rings (SSSR count). The standard InChI is InChI=1S/C8H13NO2/c9-8(6(10)11)5-4-7(8)2-1-3-7/h1-5,9H2,(H,10,11). The van der Waals surface area contributed by atoms with Crippen molar-refractivity contribution in [1.82, 2.24) is 0 Å². The first-order valence-corrected chi connectivity index (χ1v) is 4.13. The SMILES string of the molecule is NC1(C(=O)O)CCC12CCC2. The van der Waals surface area contributed by atoms with Crippen LogP contribution in [-0.4, -0.2) is 16.6 Å². The first-order valence-electron chi connectivity index (χ1n) is 4.13. The Morgan fingerprint density at radius 2 is 1.91 bits per heavy atom. The lowest BCUT2D eigenvalue weighted by atomic mass is 9.46. The number of hydrogen-bond donors (Lipinski definition) is 2. The summed E-state index contributed by atoms with van der Waals surface area (Å²) in [7, 11) is 0. The first kappa shape index (κ1) is 7.10. The largest absolute Gasteiger partial charge is 0.480 e. The third-order valence-electron chi connectivity index (χ3n) is 3.64. The van der Waals surface area contributed by atoms with Gasteiger partial charge in [-0.2, -0.15) is 0 Å². The molecule has 0 aromatic heterocycles. The second-order valence-corrected chi connectivity index (χ2v) is 3.91. The number of carboxylic acids is 1. The molecule has 3 nitrogen and oxygen atoms in total. The van der Waals surface area contributed by atoms with E-state index < -0.39 is 11.5 Å². The molecule has 1 atom stereocenters. The summed E-state index contributed by atoms with van der Waals surface area (Å²) in [5, 5.41) is 8.87. The summed E-state index contributed by atoms with van der Waals surface area (Å²) in [6.45, 7) is 0. The number of hydrogen-bond acceptors (Lipinski definition) is 2. The lowest BCUT2D eigenvalue weighted by Gasteiger charge is -2.60. The van der Waals surface area contributed by atoms with E-state index in [2.05, 4.69) is 0 Å². The maximum Gasteiger partial charge on any atom is 0.324 e. The molecule has 2 aliphatic carbocycles. The highest BCUT2D eigenvalue weighted by Gasteiger charge is 2.63. The topological polar surface area (TPSA) is 63.3 Å². The average molecular weight is 155 g/mol. The van der Waals surface area contributed by atoms with Crippen molar-refractivity contribution in [3.05, 3.63) is 0 Å². The van der Waals surface area contributed by atoms with E-state index >= 15 is 0 Å². The summed E-state index contributed by atoms with van der Waals surface area (Å²) in [4.78, 5) is 10.8. The van der Waals surface area contributed by atoms with Crippen molar-refractivity contribution < 1.29 is 9.90 Å². The van der Waals surface area contributed by atoms with Crippen molar-refractivity contribution in [3.8, 4) is 0 Å². The van der Waals surface area contributed by atoms with Crippen LogP contribution in [0.3, 0.4) is 0 Å². The molecule has 3 N–H and O–H groups in total. The molecular formula is C8H13NO2. The zero-order valence-electron chi connectivity index (χ0n) is 6.47. The van der Waals surface area contributed by atoms with Gasteiger partial charge in [-0.25, -0.2) is 0 Å². The van der Waals surface area contributed by atoms with Gasteiger partial charge >= 0.3 is 5.97 Å². The monoisotopic (exact) mass is 155 g/mol. The molecule has 0 bridgehead atoms. The van der Waals surface area contributed by atoms with E-state index in [-0.39, 0.29) is 5.41 Å². The van der Waals surface area contributed by atoms with Gasteiger partial charge in [0.25, 0.3) is 0 Å². The molecule has 1 spiro atoms. The molecule has 1 unspecified atom stereocenters. The second-order valence-electron chi connectivity index (χ2n) is 3.91. The zero-order chi connectivity index (χ0) is 8.11. The van der Waals surface area contributed by atoms with E-state index in [1.807, 2.05) is 0 Å².